The topological polar surface area (TPSA) is 67.9 Å². The van der Waals surface area contributed by atoms with Crippen molar-refractivity contribution in [2.24, 2.45) is 0 Å². The van der Waals surface area contributed by atoms with E-state index in [9.17, 15) is 9.59 Å². The molecule has 2 amide bonds. The van der Waals surface area contributed by atoms with Crippen LogP contribution in [0.2, 0.25) is 0 Å². The van der Waals surface area contributed by atoms with Crippen LogP contribution in [0.15, 0.2) is 48.5 Å². The van der Waals surface area contributed by atoms with Gasteiger partial charge in [-0.2, -0.15) is 0 Å². The average molecular weight is 501 g/mol. The summed E-state index contributed by atoms with van der Waals surface area (Å²) in [5, 5.41) is 3.21. The van der Waals surface area contributed by atoms with Crippen molar-refractivity contribution in [1.82, 2.24) is 10.2 Å². The van der Waals surface area contributed by atoms with E-state index in [4.69, 9.17) is 21.1 Å². The first kappa shape index (κ1) is 26.9. The van der Waals surface area contributed by atoms with Crippen molar-refractivity contribution in [3.63, 3.8) is 0 Å². The Morgan fingerprint density at radius 2 is 1.77 bits per heavy atom. The smallest absolute Gasteiger partial charge is 0.247 e. The second kappa shape index (κ2) is 13.4. The minimum absolute atomic E-state index is 0.0275. The number of nitrogens with one attached hydrogen (secondary N) is 1. The Labute approximate surface area is 213 Å². The van der Waals surface area contributed by atoms with E-state index in [1.807, 2.05) is 50.2 Å². The summed E-state index contributed by atoms with van der Waals surface area (Å²) in [5.74, 6) is 0.439. The van der Waals surface area contributed by atoms with Gasteiger partial charge in [-0.3, -0.25) is 9.59 Å². The van der Waals surface area contributed by atoms with E-state index in [-0.39, 0.29) is 29.8 Å². The van der Waals surface area contributed by atoms with Crippen LogP contribution in [-0.2, 0) is 16.0 Å². The molecule has 7 heteroatoms. The lowest BCUT2D eigenvalue weighted by Gasteiger charge is -2.33. The normalized spacial score (nSPS) is 14.9. The van der Waals surface area contributed by atoms with Gasteiger partial charge >= 0.3 is 0 Å². The van der Waals surface area contributed by atoms with Crippen molar-refractivity contribution >= 4 is 23.4 Å². The van der Waals surface area contributed by atoms with Crippen LogP contribution in [-0.4, -0.2) is 48.4 Å². The summed E-state index contributed by atoms with van der Waals surface area (Å²) in [6.45, 7) is 4.25. The van der Waals surface area contributed by atoms with E-state index in [2.05, 4.69) is 5.32 Å². The maximum Gasteiger partial charge on any atom is 0.247 e. The maximum absolute atomic E-state index is 13.7. The van der Waals surface area contributed by atoms with Crippen molar-refractivity contribution in [3.05, 3.63) is 59.7 Å². The first-order valence-corrected chi connectivity index (χ1v) is 13.0. The average Bonchev–Trinajstić information content (AvgIpc) is 2.87. The van der Waals surface area contributed by atoms with E-state index in [0.29, 0.717) is 30.0 Å². The van der Waals surface area contributed by atoms with Crippen LogP contribution in [0.25, 0.3) is 0 Å². The van der Waals surface area contributed by atoms with E-state index in [1.54, 1.807) is 24.1 Å². The number of carbonyl (C=O) groups is 2. The molecule has 3 rings (SSSR count). The van der Waals surface area contributed by atoms with Crippen LogP contribution in [0.5, 0.6) is 11.5 Å². The standard InChI is InChI=1S/C28H37ClN2O4/c1-20(2)35-24-15-14-22(18-25(24)34-3)27(28(33)30-23-12-8-5-9-13-23)31(26(32)19-29)17-16-21-10-6-4-7-11-21/h4,6-7,10-11,14-15,18,20,23,27H,5,8-9,12-13,16-17,19H2,1-3H3,(H,30,33)/t27-/m1/s1. The molecule has 35 heavy (non-hydrogen) atoms. The lowest BCUT2D eigenvalue weighted by Crippen LogP contribution is -2.48. The summed E-state index contributed by atoms with van der Waals surface area (Å²) in [7, 11) is 1.57. The molecule has 0 unspecified atom stereocenters. The van der Waals surface area contributed by atoms with Gasteiger partial charge in [-0.1, -0.05) is 55.7 Å². The zero-order valence-corrected chi connectivity index (χ0v) is 21.7. The molecule has 2 aromatic carbocycles. The number of halogens is 1. The van der Waals surface area contributed by atoms with Gasteiger partial charge in [-0.15, -0.1) is 11.6 Å². The summed E-state index contributed by atoms with van der Waals surface area (Å²) in [6, 6.07) is 14.6. The zero-order valence-electron chi connectivity index (χ0n) is 21.0. The monoisotopic (exact) mass is 500 g/mol. The number of rotatable bonds is 11. The Morgan fingerprint density at radius 1 is 1.06 bits per heavy atom. The molecule has 1 saturated carbocycles. The fourth-order valence-corrected chi connectivity index (χ4v) is 4.73. The number of hydrogen-bond donors (Lipinski definition) is 1. The van der Waals surface area contributed by atoms with Crippen LogP contribution < -0.4 is 14.8 Å². The highest BCUT2D eigenvalue weighted by atomic mass is 35.5. The molecule has 0 saturated heterocycles. The molecule has 0 radical (unpaired) electrons. The highest BCUT2D eigenvalue weighted by Crippen LogP contribution is 2.34. The number of methoxy groups -OCH3 is 1. The molecular weight excluding hydrogens is 464 g/mol. The van der Waals surface area contributed by atoms with Crippen LogP contribution >= 0.6 is 11.6 Å². The largest absolute Gasteiger partial charge is 0.493 e. The predicted octanol–water partition coefficient (Wildman–Crippen LogP) is 5.28. The van der Waals surface area contributed by atoms with Crippen LogP contribution in [0.1, 0.15) is 63.1 Å². The van der Waals surface area contributed by atoms with Gasteiger partial charge in [0.2, 0.25) is 11.8 Å². The number of nitrogens with zero attached hydrogens (tertiary/aromatic N) is 1. The van der Waals surface area contributed by atoms with Gasteiger partial charge in [-0.05, 0) is 56.4 Å². The number of carbonyl (C=O) groups excluding carboxylic acids is 2. The lowest BCUT2D eigenvalue weighted by molar-refractivity contribution is -0.139. The van der Waals surface area contributed by atoms with E-state index < -0.39 is 6.04 Å². The molecule has 1 aliphatic carbocycles. The van der Waals surface area contributed by atoms with Crippen LogP contribution in [0, 0.1) is 0 Å². The summed E-state index contributed by atoms with van der Waals surface area (Å²) in [6.07, 6.45) is 5.89. The first-order valence-electron chi connectivity index (χ1n) is 12.5. The Kier molecular flexibility index (Phi) is 10.3. The number of ether oxygens (including phenoxy) is 2. The van der Waals surface area contributed by atoms with Crippen molar-refractivity contribution in [3.8, 4) is 11.5 Å². The predicted molar refractivity (Wildman–Crippen MR) is 139 cm³/mol. The highest BCUT2D eigenvalue weighted by Gasteiger charge is 2.33. The summed E-state index contributed by atoms with van der Waals surface area (Å²) >= 11 is 6.03. The number of benzene rings is 2. The second-order valence-corrected chi connectivity index (χ2v) is 9.55. The molecule has 0 bridgehead atoms. The van der Waals surface area contributed by atoms with Crippen molar-refractivity contribution in [2.45, 2.75) is 70.6 Å². The van der Waals surface area contributed by atoms with E-state index >= 15 is 0 Å². The molecule has 6 nitrogen and oxygen atoms in total. The first-order chi connectivity index (χ1) is 16.9. The lowest BCUT2D eigenvalue weighted by atomic mass is 9.94. The highest BCUT2D eigenvalue weighted by molar-refractivity contribution is 6.27. The number of alkyl halides is 1. The van der Waals surface area contributed by atoms with Gasteiger partial charge in [0.1, 0.15) is 11.9 Å². The van der Waals surface area contributed by atoms with Gasteiger partial charge in [0.25, 0.3) is 0 Å². The Morgan fingerprint density at radius 3 is 2.40 bits per heavy atom. The number of amides is 2. The minimum Gasteiger partial charge on any atom is -0.493 e. The molecule has 1 aliphatic rings. The summed E-state index contributed by atoms with van der Waals surface area (Å²) in [5.41, 5.74) is 1.75. The zero-order chi connectivity index (χ0) is 25.2. The molecular formula is C28H37ClN2O4. The quantitative estimate of drug-likeness (QED) is 0.426. The molecule has 1 atom stereocenters. The Bertz CT molecular complexity index is 961. The third-order valence-electron chi connectivity index (χ3n) is 6.30. The number of hydrogen-bond acceptors (Lipinski definition) is 4. The molecule has 1 fully saturated rings. The van der Waals surface area contributed by atoms with Gasteiger partial charge in [0, 0.05) is 12.6 Å². The molecule has 0 aromatic heterocycles. The molecule has 0 spiro atoms. The van der Waals surface area contributed by atoms with Gasteiger partial charge in [0.05, 0.1) is 13.2 Å². The maximum atomic E-state index is 13.7. The second-order valence-electron chi connectivity index (χ2n) is 9.28. The summed E-state index contributed by atoms with van der Waals surface area (Å²) in [4.78, 5) is 28.4. The molecule has 1 N–H and O–H groups in total. The Hall–Kier alpha value is -2.73. The minimum atomic E-state index is -0.825. The van der Waals surface area contributed by atoms with Gasteiger partial charge in [0.15, 0.2) is 11.5 Å². The third-order valence-corrected chi connectivity index (χ3v) is 6.53. The van der Waals surface area contributed by atoms with Gasteiger partial charge in [-0.25, -0.2) is 0 Å². The van der Waals surface area contributed by atoms with E-state index in [0.717, 1.165) is 31.2 Å². The molecule has 2 aromatic rings. The van der Waals surface area contributed by atoms with E-state index in [1.165, 1.54) is 6.42 Å². The van der Waals surface area contributed by atoms with Crippen LogP contribution in [0.4, 0.5) is 0 Å². The van der Waals surface area contributed by atoms with Crippen molar-refractivity contribution < 1.29 is 19.1 Å². The summed E-state index contributed by atoms with van der Waals surface area (Å²) < 4.78 is 11.4. The molecule has 0 aliphatic heterocycles. The van der Waals surface area contributed by atoms with Crippen molar-refractivity contribution in [2.75, 3.05) is 19.5 Å². The fourth-order valence-electron chi connectivity index (χ4n) is 4.57. The third kappa shape index (κ3) is 7.63. The molecule has 190 valence electrons. The van der Waals surface area contributed by atoms with Crippen molar-refractivity contribution in [1.29, 1.82) is 0 Å². The Balaban J connectivity index is 1.95. The van der Waals surface area contributed by atoms with Crippen LogP contribution in [0.3, 0.4) is 0 Å². The SMILES string of the molecule is COc1cc([C@H](C(=O)NC2CCCCC2)N(CCc2ccccc2)C(=O)CCl)ccc1OC(C)C. The fraction of sp³-hybridized carbons (Fsp3) is 0.500. The van der Waals surface area contributed by atoms with Gasteiger partial charge < -0.3 is 19.7 Å². The molecule has 0 heterocycles.